The highest BCUT2D eigenvalue weighted by molar-refractivity contribution is 6.31. The molecule has 0 unspecified atom stereocenters. The van der Waals surface area contributed by atoms with E-state index in [0.717, 1.165) is 40.2 Å². The van der Waals surface area contributed by atoms with E-state index in [1.807, 2.05) is 45.0 Å². The van der Waals surface area contributed by atoms with Crippen molar-refractivity contribution in [3.8, 4) is 11.5 Å². The summed E-state index contributed by atoms with van der Waals surface area (Å²) in [5.41, 5.74) is 3.71. The van der Waals surface area contributed by atoms with Crippen LogP contribution in [0.5, 0.6) is 0 Å². The van der Waals surface area contributed by atoms with E-state index >= 15 is 0 Å². The summed E-state index contributed by atoms with van der Waals surface area (Å²) in [5.74, 6) is 1.53. The van der Waals surface area contributed by atoms with Crippen molar-refractivity contribution in [2.24, 2.45) is 0 Å². The van der Waals surface area contributed by atoms with Crippen LogP contribution in [0.4, 0.5) is 5.82 Å². The highest BCUT2D eigenvalue weighted by Gasteiger charge is 2.15. The minimum absolute atomic E-state index is 0.691. The highest BCUT2D eigenvalue weighted by atomic mass is 35.5. The summed E-state index contributed by atoms with van der Waals surface area (Å²) in [6, 6.07) is 7.51. The summed E-state index contributed by atoms with van der Waals surface area (Å²) >= 11 is 6.01. The first kappa shape index (κ1) is 13.9. The van der Waals surface area contributed by atoms with Gasteiger partial charge in [0.2, 0.25) is 0 Å². The third kappa shape index (κ3) is 2.47. The zero-order valence-corrected chi connectivity index (χ0v) is 13.0. The van der Waals surface area contributed by atoms with Gasteiger partial charge in [0.25, 0.3) is 0 Å². The second-order valence-corrected chi connectivity index (χ2v) is 5.41. The van der Waals surface area contributed by atoms with Gasteiger partial charge in [-0.1, -0.05) is 11.6 Å². The van der Waals surface area contributed by atoms with Gasteiger partial charge in [-0.05, 0) is 56.2 Å². The zero-order chi connectivity index (χ0) is 15.0. The van der Waals surface area contributed by atoms with Crippen molar-refractivity contribution in [1.82, 2.24) is 10.2 Å². The van der Waals surface area contributed by atoms with Gasteiger partial charge in [0.1, 0.15) is 11.3 Å². The molecule has 1 N–H and O–H groups in total. The van der Waals surface area contributed by atoms with Crippen molar-refractivity contribution in [3.05, 3.63) is 40.4 Å². The Morgan fingerprint density at radius 2 is 1.95 bits per heavy atom. The Kier molecular flexibility index (Phi) is 3.55. The van der Waals surface area contributed by atoms with Gasteiger partial charge in [0.15, 0.2) is 11.6 Å². The van der Waals surface area contributed by atoms with E-state index in [2.05, 4.69) is 15.5 Å². The van der Waals surface area contributed by atoms with Crippen LogP contribution in [0.15, 0.2) is 28.7 Å². The van der Waals surface area contributed by atoms with Gasteiger partial charge < -0.3 is 9.73 Å². The average molecular weight is 302 g/mol. The lowest BCUT2D eigenvalue weighted by Gasteiger charge is -2.10. The Bertz CT molecular complexity index is 811. The van der Waals surface area contributed by atoms with E-state index in [4.69, 9.17) is 16.0 Å². The molecule has 0 aliphatic heterocycles. The molecule has 0 saturated carbocycles. The largest absolute Gasteiger partial charge is 0.454 e. The number of halogens is 1. The van der Waals surface area contributed by atoms with Gasteiger partial charge in [0, 0.05) is 17.0 Å². The summed E-state index contributed by atoms with van der Waals surface area (Å²) in [4.78, 5) is 0. The minimum Gasteiger partial charge on any atom is -0.454 e. The monoisotopic (exact) mass is 301 g/mol. The van der Waals surface area contributed by atoms with Crippen molar-refractivity contribution in [2.75, 3.05) is 11.9 Å². The molecule has 0 aliphatic carbocycles. The normalized spacial score (nSPS) is 11.0. The van der Waals surface area contributed by atoms with Gasteiger partial charge in [-0.25, -0.2) is 0 Å². The number of benzene rings is 1. The second-order valence-electron chi connectivity index (χ2n) is 4.97. The van der Waals surface area contributed by atoms with Gasteiger partial charge >= 0.3 is 0 Å². The van der Waals surface area contributed by atoms with Crippen LogP contribution < -0.4 is 5.32 Å². The number of hydrogen-bond donors (Lipinski definition) is 1. The van der Waals surface area contributed by atoms with E-state index in [1.165, 1.54) is 0 Å². The van der Waals surface area contributed by atoms with Gasteiger partial charge in [-0.15, -0.1) is 10.2 Å². The van der Waals surface area contributed by atoms with E-state index < -0.39 is 0 Å². The van der Waals surface area contributed by atoms with E-state index in [9.17, 15) is 0 Å². The molecular formula is C16H16ClN3O. The third-order valence-electron chi connectivity index (χ3n) is 3.58. The summed E-state index contributed by atoms with van der Waals surface area (Å²) < 4.78 is 5.86. The van der Waals surface area contributed by atoms with Crippen molar-refractivity contribution in [2.45, 2.75) is 20.8 Å². The Labute approximate surface area is 128 Å². The number of furan rings is 1. The Morgan fingerprint density at radius 3 is 2.71 bits per heavy atom. The smallest absolute Gasteiger partial charge is 0.155 e. The maximum atomic E-state index is 6.01. The van der Waals surface area contributed by atoms with Crippen molar-refractivity contribution >= 4 is 28.4 Å². The quantitative estimate of drug-likeness (QED) is 0.768. The first-order chi connectivity index (χ1) is 10.1. The van der Waals surface area contributed by atoms with Crippen molar-refractivity contribution in [3.63, 3.8) is 0 Å². The Morgan fingerprint density at radius 1 is 1.14 bits per heavy atom. The fourth-order valence-corrected chi connectivity index (χ4v) is 2.49. The molecule has 0 spiro atoms. The van der Waals surface area contributed by atoms with Crippen LogP contribution in [0.1, 0.15) is 18.1 Å². The number of nitrogens with one attached hydrogen (secondary N) is 1. The molecule has 0 saturated heterocycles. The van der Waals surface area contributed by atoms with Crippen LogP contribution in [0, 0.1) is 13.8 Å². The lowest BCUT2D eigenvalue weighted by Crippen LogP contribution is -2.05. The molecule has 4 nitrogen and oxygen atoms in total. The molecule has 5 heteroatoms. The molecule has 21 heavy (non-hydrogen) atoms. The SMILES string of the molecule is CCNc1nnc(-c2cc3cc(Cl)ccc3o2)c(C)c1C. The Hall–Kier alpha value is -2.07. The molecule has 0 atom stereocenters. The van der Waals surface area contributed by atoms with Crippen LogP contribution in [-0.2, 0) is 0 Å². The molecule has 2 aromatic heterocycles. The average Bonchev–Trinajstić information content (AvgIpc) is 2.87. The summed E-state index contributed by atoms with van der Waals surface area (Å²) in [6.07, 6.45) is 0. The van der Waals surface area contributed by atoms with Gasteiger partial charge in [0.05, 0.1) is 0 Å². The maximum absolute atomic E-state index is 6.01. The number of hydrogen-bond acceptors (Lipinski definition) is 4. The maximum Gasteiger partial charge on any atom is 0.155 e. The van der Waals surface area contributed by atoms with Crippen LogP contribution in [-0.4, -0.2) is 16.7 Å². The molecule has 0 bridgehead atoms. The molecular weight excluding hydrogens is 286 g/mol. The standard InChI is InChI=1S/C16H16ClN3O/c1-4-18-16-10(3)9(2)15(19-20-16)14-8-11-7-12(17)5-6-13(11)21-14/h5-8H,4H2,1-3H3,(H,18,20). The lowest BCUT2D eigenvalue weighted by molar-refractivity contribution is 0.626. The third-order valence-corrected chi connectivity index (χ3v) is 3.81. The number of aromatic nitrogens is 2. The van der Waals surface area contributed by atoms with Crippen molar-refractivity contribution in [1.29, 1.82) is 0 Å². The molecule has 2 heterocycles. The van der Waals surface area contributed by atoms with Crippen LogP contribution in [0.3, 0.4) is 0 Å². The molecule has 3 rings (SSSR count). The van der Waals surface area contributed by atoms with Crippen LogP contribution >= 0.6 is 11.6 Å². The molecule has 0 amide bonds. The molecule has 1 aromatic carbocycles. The number of anilines is 1. The van der Waals surface area contributed by atoms with Gasteiger partial charge in [-0.3, -0.25) is 0 Å². The molecule has 0 radical (unpaired) electrons. The fourth-order valence-electron chi connectivity index (χ4n) is 2.31. The molecule has 3 aromatic rings. The first-order valence-corrected chi connectivity index (χ1v) is 7.25. The number of nitrogens with zero attached hydrogens (tertiary/aromatic N) is 2. The predicted octanol–water partition coefficient (Wildman–Crippen LogP) is 4.59. The predicted molar refractivity (Wildman–Crippen MR) is 85.9 cm³/mol. The van der Waals surface area contributed by atoms with Gasteiger partial charge in [-0.2, -0.15) is 0 Å². The number of fused-ring (bicyclic) bond motifs is 1. The zero-order valence-electron chi connectivity index (χ0n) is 12.2. The fraction of sp³-hybridized carbons (Fsp3) is 0.250. The second kappa shape index (κ2) is 5.37. The molecule has 0 aliphatic rings. The summed E-state index contributed by atoms with van der Waals surface area (Å²) in [5, 5.41) is 13.4. The topological polar surface area (TPSA) is 51.0 Å². The van der Waals surface area contributed by atoms with Crippen molar-refractivity contribution < 1.29 is 4.42 Å². The first-order valence-electron chi connectivity index (χ1n) is 6.87. The van der Waals surface area contributed by atoms with E-state index in [0.29, 0.717) is 10.8 Å². The van der Waals surface area contributed by atoms with Crippen LogP contribution in [0.2, 0.25) is 5.02 Å². The lowest BCUT2D eigenvalue weighted by atomic mass is 10.1. The van der Waals surface area contributed by atoms with E-state index in [-0.39, 0.29) is 0 Å². The minimum atomic E-state index is 0.691. The highest BCUT2D eigenvalue weighted by Crippen LogP contribution is 2.31. The summed E-state index contributed by atoms with van der Waals surface area (Å²) in [7, 11) is 0. The molecule has 108 valence electrons. The van der Waals surface area contributed by atoms with E-state index in [1.54, 1.807) is 0 Å². The molecule has 0 fully saturated rings. The number of rotatable bonds is 3. The summed E-state index contributed by atoms with van der Waals surface area (Å²) in [6.45, 7) is 6.91. The Balaban J connectivity index is 2.12. The van der Waals surface area contributed by atoms with Crippen LogP contribution in [0.25, 0.3) is 22.4 Å².